The van der Waals surface area contributed by atoms with Gasteiger partial charge < -0.3 is 0 Å². The number of pyridine rings is 1. The highest BCUT2D eigenvalue weighted by Crippen LogP contribution is 2.18. The zero-order valence-corrected chi connectivity index (χ0v) is 14.7. The van der Waals surface area contributed by atoms with E-state index in [1.165, 1.54) is 31.5 Å². The fraction of sp³-hybridized carbons (Fsp3) is 0.353. The van der Waals surface area contributed by atoms with E-state index in [1.54, 1.807) is 18.2 Å². The Morgan fingerprint density at radius 1 is 1.09 bits per heavy atom. The molecular formula is C17H21ClN2O2S. The maximum Gasteiger partial charge on any atom is 0.263 e. The molecule has 0 spiro atoms. The Labute approximate surface area is 143 Å². The van der Waals surface area contributed by atoms with Crippen LogP contribution in [0.2, 0.25) is 5.02 Å². The second kappa shape index (κ2) is 8.31. The van der Waals surface area contributed by atoms with Crippen LogP contribution in [0.3, 0.4) is 0 Å². The predicted molar refractivity (Wildman–Crippen MR) is 94.3 cm³/mol. The molecule has 0 saturated carbocycles. The number of benzene rings is 1. The first-order valence-corrected chi connectivity index (χ1v) is 9.60. The van der Waals surface area contributed by atoms with Gasteiger partial charge in [-0.05, 0) is 36.6 Å². The number of aromatic nitrogens is 1. The number of sulfonamides is 1. The van der Waals surface area contributed by atoms with Crippen LogP contribution in [-0.4, -0.2) is 13.4 Å². The van der Waals surface area contributed by atoms with Crippen LogP contribution in [0.15, 0.2) is 47.5 Å². The maximum absolute atomic E-state index is 12.3. The lowest BCUT2D eigenvalue weighted by Gasteiger charge is -2.08. The topological polar surface area (TPSA) is 59.1 Å². The number of hydrogen-bond acceptors (Lipinski definition) is 3. The number of halogens is 1. The number of hydrogen-bond donors (Lipinski definition) is 1. The van der Waals surface area contributed by atoms with Crippen LogP contribution in [0.25, 0.3) is 0 Å². The van der Waals surface area contributed by atoms with Crippen LogP contribution in [0, 0.1) is 0 Å². The zero-order chi connectivity index (χ0) is 16.7. The monoisotopic (exact) mass is 352 g/mol. The summed E-state index contributed by atoms with van der Waals surface area (Å²) in [6, 6.07) is 10.1. The maximum atomic E-state index is 12.3. The molecule has 1 N–H and O–H groups in total. The van der Waals surface area contributed by atoms with Crippen LogP contribution in [0.4, 0.5) is 5.82 Å². The summed E-state index contributed by atoms with van der Waals surface area (Å²) in [5, 5.41) is 0.431. The standard InChI is InChI=1S/C17H21ClN2O2S/c1-2-3-4-5-6-14-7-9-16(10-8-14)23(21,22)20-17-13-15(18)11-12-19-17/h7-13H,2-6H2,1H3,(H,19,20). The molecule has 1 aromatic carbocycles. The molecule has 0 fully saturated rings. The van der Waals surface area contributed by atoms with Crippen LogP contribution in [0.1, 0.15) is 38.2 Å². The van der Waals surface area contributed by atoms with Crippen LogP contribution in [0.5, 0.6) is 0 Å². The number of nitrogens with one attached hydrogen (secondary N) is 1. The van der Waals surface area contributed by atoms with E-state index in [4.69, 9.17) is 11.6 Å². The highest BCUT2D eigenvalue weighted by molar-refractivity contribution is 7.92. The molecule has 0 aliphatic rings. The van der Waals surface area contributed by atoms with E-state index in [1.807, 2.05) is 12.1 Å². The minimum atomic E-state index is -3.65. The molecule has 0 unspecified atom stereocenters. The average Bonchev–Trinajstić information content (AvgIpc) is 2.52. The van der Waals surface area contributed by atoms with E-state index in [0.717, 1.165) is 18.4 Å². The van der Waals surface area contributed by atoms with E-state index in [9.17, 15) is 8.42 Å². The molecule has 1 heterocycles. The fourth-order valence-corrected chi connectivity index (χ4v) is 3.41. The number of rotatable bonds is 8. The molecule has 0 radical (unpaired) electrons. The third-order valence-electron chi connectivity index (χ3n) is 3.51. The largest absolute Gasteiger partial charge is 0.263 e. The van der Waals surface area contributed by atoms with Crippen molar-refractivity contribution in [2.24, 2.45) is 0 Å². The molecule has 2 rings (SSSR count). The van der Waals surface area contributed by atoms with Crippen LogP contribution in [-0.2, 0) is 16.4 Å². The summed E-state index contributed by atoms with van der Waals surface area (Å²) < 4.78 is 27.1. The number of anilines is 1. The highest BCUT2D eigenvalue weighted by atomic mass is 35.5. The van der Waals surface area contributed by atoms with Crippen molar-refractivity contribution in [1.82, 2.24) is 4.98 Å². The van der Waals surface area contributed by atoms with Gasteiger partial charge >= 0.3 is 0 Å². The number of unbranched alkanes of at least 4 members (excludes halogenated alkanes) is 3. The molecule has 0 saturated heterocycles. The van der Waals surface area contributed by atoms with Gasteiger partial charge in [-0.15, -0.1) is 0 Å². The molecule has 0 atom stereocenters. The normalized spacial score (nSPS) is 11.4. The average molecular weight is 353 g/mol. The van der Waals surface area contributed by atoms with Gasteiger partial charge in [0.15, 0.2) is 0 Å². The quantitative estimate of drug-likeness (QED) is 0.703. The Morgan fingerprint density at radius 3 is 2.48 bits per heavy atom. The van der Waals surface area contributed by atoms with Crippen molar-refractivity contribution in [2.45, 2.75) is 43.9 Å². The van der Waals surface area contributed by atoms with Gasteiger partial charge in [-0.1, -0.05) is 49.9 Å². The SMILES string of the molecule is CCCCCCc1ccc(S(=O)(=O)Nc2cc(Cl)ccn2)cc1. The highest BCUT2D eigenvalue weighted by Gasteiger charge is 2.14. The van der Waals surface area contributed by atoms with E-state index >= 15 is 0 Å². The Morgan fingerprint density at radius 2 is 1.83 bits per heavy atom. The Bertz CT molecular complexity index is 731. The van der Waals surface area contributed by atoms with Gasteiger partial charge in [0.05, 0.1) is 4.90 Å². The third kappa shape index (κ3) is 5.52. The lowest BCUT2D eigenvalue weighted by atomic mass is 10.1. The summed E-state index contributed by atoms with van der Waals surface area (Å²) in [6.07, 6.45) is 7.22. The molecule has 23 heavy (non-hydrogen) atoms. The molecular weight excluding hydrogens is 332 g/mol. The second-order valence-corrected chi connectivity index (χ2v) is 7.54. The Kier molecular flexibility index (Phi) is 6.42. The van der Waals surface area contributed by atoms with Crippen molar-refractivity contribution >= 4 is 27.4 Å². The van der Waals surface area contributed by atoms with Gasteiger partial charge in [-0.2, -0.15) is 0 Å². The minimum Gasteiger partial charge on any atom is -0.263 e. The summed E-state index contributed by atoms with van der Waals surface area (Å²) in [5.41, 5.74) is 1.15. The van der Waals surface area contributed by atoms with Gasteiger partial charge in [0.1, 0.15) is 5.82 Å². The molecule has 0 amide bonds. The van der Waals surface area contributed by atoms with Crippen LogP contribution < -0.4 is 4.72 Å². The fourth-order valence-electron chi connectivity index (χ4n) is 2.25. The Hall–Kier alpha value is -1.59. The van der Waals surface area contributed by atoms with Crippen molar-refractivity contribution in [3.8, 4) is 0 Å². The summed E-state index contributed by atoms with van der Waals surface area (Å²) in [7, 11) is -3.65. The molecule has 124 valence electrons. The first kappa shape index (κ1) is 17.8. The summed E-state index contributed by atoms with van der Waals surface area (Å²) >= 11 is 5.84. The smallest absolute Gasteiger partial charge is 0.263 e. The molecule has 2 aromatic rings. The third-order valence-corrected chi connectivity index (χ3v) is 5.12. The lowest BCUT2D eigenvalue weighted by Crippen LogP contribution is -2.13. The molecule has 0 bridgehead atoms. The number of nitrogens with zero attached hydrogens (tertiary/aromatic N) is 1. The second-order valence-electron chi connectivity index (χ2n) is 5.42. The van der Waals surface area contributed by atoms with Crippen molar-refractivity contribution in [3.63, 3.8) is 0 Å². The minimum absolute atomic E-state index is 0.209. The summed E-state index contributed by atoms with van der Waals surface area (Å²) in [6.45, 7) is 2.18. The van der Waals surface area contributed by atoms with Gasteiger partial charge in [-0.25, -0.2) is 13.4 Å². The van der Waals surface area contributed by atoms with Gasteiger partial charge in [-0.3, -0.25) is 4.72 Å². The van der Waals surface area contributed by atoms with Gasteiger partial charge in [0.2, 0.25) is 0 Å². The van der Waals surface area contributed by atoms with Crippen molar-refractivity contribution in [3.05, 3.63) is 53.2 Å². The first-order chi connectivity index (χ1) is 11.0. The van der Waals surface area contributed by atoms with E-state index in [2.05, 4.69) is 16.6 Å². The first-order valence-electron chi connectivity index (χ1n) is 7.74. The van der Waals surface area contributed by atoms with Crippen molar-refractivity contribution in [1.29, 1.82) is 0 Å². The molecule has 4 nitrogen and oxygen atoms in total. The Balaban J connectivity index is 2.02. The van der Waals surface area contributed by atoms with E-state index in [0.29, 0.717) is 5.02 Å². The van der Waals surface area contributed by atoms with Gasteiger partial charge in [0.25, 0.3) is 10.0 Å². The predicted octanol–water partition coefficient (Wildman–Crippen LogP) is 4.66. The molecule has 1 aromatic heterocycles. The van der Waals surface area contributed by atoms with Gasteiger partial charge in [0, 0.05) is 17.3 Å². The van der Waals surface area contributed by atoms with Crippen LogP contribution >= 0.6 is 11.6 Å². The molecule has 6 heteroatoms. The zero-order valence-electron chi connectivity index (χ0n) is 13.1. The van der Waals surface area contributed by atoms with Crippen molar-refractivity contribution < 1.29 is 8.42 Å². The van der Waals surface area contributed by atoms with E-state index in [-0.39, 0.29) is 10.7 Å². The lowest BCUT2D eigenvalue weighted by molar-refractivity contribution is 0.601. The van der Waals surface area contributed by atoms with Crippen molar-refractivity contribution in [2.75, 3.05) is 4.72 Å². The molecule has 0 aliphatic heterocycles. The number of aryl methyl sites for hydroxylation is 1. The summed E-state index contributed by atoms with van der Waals surface area (Å²) in [5.74, 6) is 0.209. The summed E-state index contributed by atoms with van der Waals surface area (Å²) in [4.78, 5) is 4.17. The van der Waals surface area contributed by atoms with E-state index < -0.39 is 10.0 Å². The molecule has 0 aliphatic carbocycles.